The lowest BCUT2D eigenvalue weighted by Crippen LogP contribution is -2.35. The van der Waals surface area contributed by atoms with E-state index < -0.39 is 17.8 Å². The molecule has 0 radical (unpaired) electrons. The highest BCUT2D eigenvalue weighted by Gasteiger charge is 2.32. The Labute approximate surface area is 158 Å². The summed E-state index contributed by atoms with van der Waals surface area (Å²) in [5.41, 5.74) is 1.44. The topological polar surface area (TPSA) is 76.0 Å². The Balaban J connectivity index is 1.66. The Kier molecular flexibility index (Phi) is 4.37. The third-order valence-electron chi connectivity index (χ3n) is 4.25. The number of nitrogens with zero attached hydrogens (tertiary/aromatic N) is 2. The lowest BCUT2D eigenvalue weighted by Gasteiger charge is -2.23. The lowest BCUT2D eigenvalue weighted by atomic mass is 10.1. The van der Waals surface area contributed by atoms with Gasteiger partial charge in [0.1, 0.15) is 17.7 Å². The first-order valence-electron chi connectivity index (χ1n) is 8.22. The molecule has 27 heavy (non-hydrogen) atoms. The van der Waals surface area contributed by atoms with E-state index in [2.05, 4.69) is 15.7 Å². The van der Waals surface area contributed by atoms with Crippen molar-refractivity contribution in [2.75, 3.05) is 10.6 Å². The summed E-state index contributed by atoms with van der Waals surface area (Å²) in [6.45, 7) is 0. The Morgan fingerprint density at radius 3 is 2.70 bits per heavy atom. The maximum absolute atomic E-state index is 13.8. The first kappa shape index (κ1) is 17.2. The van der Waals surface area contributed by atoms with Crippen LogP contribution in [0, 0.1) is 5.82 Å². The highest BCUT2D eigenvalue weighted by Crippen LogP contribution is 2.30. The maximum atomic E-state index is 13.8. The van der Waals surface area contributed by atoms with E-state index in [4.69, 9.17) is 11.6 Å². The molecule has 1 aromatic heterocycles. The molecule has 1 aliphatic heterocycles. The normalized spacial score (nSPS) is 15.8. The number of halogens is 2. The fraction of sp³-hybridized carbons (Fsp3) is 0.105. The average Bonchev–Trinajstić information content (AvgIpc) is 3.07. The number of fused-ring (bicyclic) bond motifs is 1. The maximum Gasteiger partial charge on any atom is 0.249 e. The third-order valence-corrected chi connectivity index (χ3v) is 4.50. The Morgan fingerprint density at radius 2 is 1.96 bits per heavy atom. The Bertz CT molecular complexity index is 1030. The van der Waals surface area contributed by atoms with Gasteiger partial charge < -0.3 is 10.6 Å². The van der Waals surface area contributed by atoms with E-state index in [9.17, 15) is 14.0 Å². The standard InChI is InChI=1S/C19H14ClFN4O2/c20-12-7-5-11(6-8-12)15-9-17-23-18(26)10-16(25(17)24-15)19(27)22-14-4-2-1-3-13(14)21/h1-9,16H,10H2,(H,22,27)(H,23,26)/t16-/m0/s1. The zero-order valence-electron chi connectivity index (χ0n) is 13.9. The molecule has 1 atom stereocenters. The van der Waals surface area contributed by atoms with E-state index in [0.29, 0.717) is 16.5 Å². The number of benzene rings is 2. The summed E-state index contributed by atoms with van der Waals surface area (Å²) in [5, 5.41) is 10.3. The number of carbonyl (C=O) groups is 2. The largest absolute Gasteiger partial charge is 0.322 e. The van der Waals surface area contributed by atoms with Crippen molar-refractivity contribution in [3.05, 3.63) is 65.4 Å². The molecule has 8 heteroatoms. The molecule has 4 rings (SSSR count). The van der Waals surface area contributed by atoms with E-state index in [1.165, 1.54) is 22.9 Å². The molecule has 0 spiro atoms. The minimum Gasteiger partial charge on any atom is -0.322 e. The van der Waals surface area contributed by atoms with Crippen molar-refractivity contribution < 1.29 is 14.0 Å². The molecule has 0 unspecified atom stereocenters. The average molecular weight is 385 g/mol. The van der Waals surface area contributed by atoms with Gasteiger partial charge in [-0.1, -0.05) is 35.9 Å². The molecule has 1 aliphatic rings. The number of carbonyl (C=O) groups excluding carboxylic acids is 2. The second-order valence-corrected chi connectivity index (χ2v) is 6.54. The summed E-state index contributed by atoms with van der Waals surface area (Å²) in [7, 11) is 0. The van der Waals surface area contributed by atoms with Crippen molar-refractivity contribution in [3.63, 3.8) is 0 Å². The van der Waals surface area contributed by atoms with Crippen LogP contribution in [0.4, 0.5) is 15.9 Å². The summed E-state index contributed by atoms with van der Waals surface area (Å²) in [4.78, 5) is 24.7. The van der Waals surface area contributed by atoms with E-state index in [0.717, 1.165) is 5.56 Å². The first-order valence-corrected chi connectivity index (χ1v) is 8.60. The predicted octanol–water partition coefficient (Wildman–Crippen LogP) is 3.86. The molecule has 2 aromatic carbocycles. The van der Waals surface area contributed by atoms with Crippen LogP contribution in [0.5, 0.6) is 0 Å². The highest BCUT2D eigenvalue weighted by molar-refractivity contribution is 6.30. The number of rotatable bonds is 3. The summed E-state index contributed by atoms with van der Waals surface area (Å²) < 4.78 is 15.3. The van der Waals surface area contributed by atoms with Gasteiger partial charge in [-0.3, -0.25) is 9.59 Å². The lowest BCUT2D eigenvalue weighted by molar-refractivity contribution is -0.125. The molecule has 2 amide bonds. The predicted molar refractivity (Wildman–Crippen MR) is 100.0 cm³/mol. The van der Waals surface area contributed by atoms with E-state index in [1.54, 1.807) is 36.4 Å². The van der Waals surface area contributed by atoms with Crippen molar-refractivity contribution in [2.45, 2.75) is 12.5 Å². The molecule has 3 aromatic rings. The summed E-state index contributed by atoms with van der Waals surface area (Å²) in [6, 6.07) is 13.7. The van der Waals surface area contributed by atoms with Gasteiger partial charge in [-0.25, -0.2) is 9.07 Å². The molecule has 0 saturated heterocycles. The van der Waals surface area contributed by atoms with Crippen LogP contribution in [0.25, 0.3) is 11.3 Å². The van der Waals surface area contributed by atoms with Gasteiger partial charge >= 0.3 is 0 Å². The third kappa shape index (κ3) is 3.41. The second kappa shape index (κ2) is 6.85. The SMILES string of the molecule is O=C1C[C@@H](C(=O)Nc2ccccc2F)n2nc(-c3ccc(Cl)cc3)cc2N1. The van der Waals surface area contributed by atoms with Gasteiger partial charge in [0.2, 0.25) is 11.8 Å². The monoisotopic (exact) mass is 384 g/mol. The van der Waals surface area contributed by atoms with Crippen molar-refractivity contribution in [1.82, 2.24) is 9.78 Å². The second-order valence-electron chi connectivity index (χ2n) is 6.10. The molecule has 2 N–H and O–H groups in total. The number of para-hydroxylation sites is 1. The van der Waals surface area contributed by atoms with E-state index in [-0.39, 0.29) is 18.0 Å². The van der Waals surface area contributed by atoms with Crippen LogP contribution >= 0.6 is 11.6 Å². The number of hydrogen-bond acceptors (Lipinski definition) is 3. The highest BCUT2D eigenvalue weighted by atomic mass is 35.5. The fourth-order valence-corrected chi connectivity index (χ4v) is 3.05. The van der Waals surface area contributed by atoms with Gasteiger partial charge in [0, 0.05) is 16.7 Å². The van der Waals surface area contributed by atoms with Crippen LogP contribution < -0.4 is 10.6 Å². The van der Waals surface area contributed by atoms with Gasteiger partial charge in [-0.05, 0) is 24.3 Å². The van der Waals surface area contributed by atoms with Crippen molar-refractivity contribution in [3.8, 4) is 11.3 Å². The number of aromatic nitrogens is 2. The fourth-order valence-electron chi connectivity index (χ4n) is 2.93. The van der Waals surface area contributed by atoms with Crippen molar-refractivity contribution >= 4 is 34.9 Å². The molecule has 2 heterocycles. The zero-order valence-corrected chi connectivity index (χ0v) is 14.7. The molecule has 0 fully saturated rings. The minimum absolute atomic E-state index is 0.0557. The van der Waals surface area contributed by atoms with Crippen LogP contribution in [0.3, 0.4) is 0 Å². The minimum atomic E-state index is -0.880. The smallest absolute Gasteiger partial charge is 0.249 e. The molecule has 136 valence electrons. The van der Waals surface area contributed by atoms with E-state index in [1.807, 2.05) is 0 Å². The van der Waals surface area contributed by atoms with Crippen LogP contribution in [-0.2, 0) is 9.59 Å². The quantitative estimate of drug-likeness (QED) is 0.719. The van der Waals surface area contributed by atoms with Crippen LogP contribution in [-0.4, -0.2) is 21.6 Å². The number of anilines is 2. The summed E-state index contributed by atoms with van der Waals surface area (Å²) >= 11 is 5.91. The number of amides is 2. The zero-order chi connectivity index (χ0) is 19.0. The Morgan fingerprint density at radius 1 is 1.22 bits per heavy atom. The van der Waals surface area contributed by atoms with Crippen molar-refractivity contribution in [1.29, 1.82) is 0 Å². The number of hydrogen-bond donors (Lipinski definition) is 2. The van der Waals surface area contributed by atoms with Crippen LogP contribution in [0.2, 0.25) is 5.02 Å². The molecule has 0 saturated carbocycles. The van der Waals surface area contributed by atoms with Crippen molar-refractivity contribution in [2.24, 2.45) is 0 Å². The molecular weight excluding hydrogens is 371 g/mol. The van der Waals surface area contributed by atoms with Gasteiger partial charge in [-0.2, -0.15) is 5.10 Å². The Hall–Kier alpha value is -3.19. The molecular formula is C19H14ClFN4O2. The molecule has 0 bridgehead atoms. The van der Waals surface area contributed by atoms with Crippen LogP contribution in [0.1, 0.15) is 12.5 Å². The van der Waals surface area contributed by atoms with Gasteiger partial charge in [0.25, 0.3) is 0 Å². The van der Waals surface area contributed by atoms with Gasteiger partial charge in [0.05, 0.1) is 17.8 Å². The van der Waals surface area contributed by atoms with Gasteiger partial charge in [0.15, 0.2) is 0 Å². The summed E-state index contributed by atoms with van der Waals surface area (Å²) in [5.74, 6) is -0.959. The van der Waals surface area contributed by atoms with Gasteiger partial charge in [-0.15, -0.1) is 0 Å². The first-order chi connectivity index (χ1) is 13.0. The molecule has 0 aliphatic carbocycles. The summed E-state index contributed by atoms with van der Waals surface area (Å²) in [6.07, 6.45) is -0.0883. The molecule has 6 nitrogen and oxygen atoms in total. The van der Waals surface area contributed by atoms with E-state index >= 15 is 0 Å². The van der Waals surface area contributed by atoms with Crippen LogP contribution in [0.15, 0.2) is 54.6 Å². The number of nitrogens with one attached hydrogen (secondary N) is 2.